The highest BCUT2D eigenvalue weighted by molar-refractivity contribution is 6.60. The summed E-state index contributed by atoms with van der Waals surface area (Å²) < 4.78 is 5.32. The van der Waals surface area contributed by atoms with Crippen LogP contribution in [-0.2, 0) is 0 Å². The summed E-state index contributed by atoms with van der Waals surface area (Å²) in [4.78, 5) is 3.86. The lowest BCUT2D eigenvalue weighted by Crippen LogP contribution is -2.36. The molecule has 0 unspecified atom stereocenters. The van der Waals surface area contributed by atoms with Crippen molar-refractivity contribution in [2.45, 2.75) is 0 Å². The van der Waals surface area contributed by atoms with Gasteiger partial charge in [-0.3, -0.25) is 4.98 Å². The van der Waals surface area contributed by atoms with E-state index in [1.807, 2.05) is 30.3 Å². The first kappa shape index (κ1) is 9.74. The molecule has 3 nitrogen and oxygen atoms in total. The van der Waals surface area contributed by atoms with E-state index in [4.69, 9.17) is 4.65 Å². The van der Waals surface area contributed by atoms with Crippen molar-refractivity contribution in [3.63, 3.8) is 0 Å². The third-order valence-corrected chi connectivity index (χ3v) is 1.98. The molecule has 0 saturated carbocycles. The molecular formula is C11H10BNO2. The molecule has 0 atom stereocenters. The fraction of sp³-hybridized carbons (Fsp3) is 0. The molecule has 0 radical (unpaired) electrons. The Bertz CT molecular complexity index is 407. The maximum atomic E-state index is 9.73. The molecule has 1 N–H and O–H groups in total. The molecule has 0 amide bonds. The van der Waals surface area contributed by atoms with Crippen molar-refractivity contribution < 1.29 is 9.68 Å². The summed E-state index contributed by atoms with van der Waals surface area (Å²) in [6.45, 7) is 0. The molecule has 0 aliphatic heterocycles. The van der Waals surface area contributed by atoms with E-state index in [9.17, 15) is 5.02 Å². The molecule has 1 aromatic carbocycles. The minimum absolute atomic E-state index is 0.598. The standard InChI is InChI=1S/C11H10BNO2/c14-12(10-4-2-1-3-5-10)15-11-6-8-13-9-7-11/h1-9,14H. The van der Waals surface area contributed by atoms with Crippen LogP contribution in [0.2, 0.25) is 0 Å². The van der Waals surface area contributed by atoms with Gasteiger partial charge in [0.1, 0.15) is 5.75 Å². The number of nitrogens with zero attached hydrogens (tertiary/aromatic N) is 1. The first-order valence-electron chi connectivity index (χ1n) is 4.66. The Kier molecular flexibility index (Phi) is 3.00. The van der Waals surface area contributed by atoms with E-state index in [0.29, 0.717) is 5.75 Å². The SMILES string of the molecule is OB(Oc1ccncc1)c1ccccc1. The summed E-state index contributed by atoms with van der Waals surface area (Å²) in [5, 5.41) is 9.73. The molecule has 2 aromatic rings. The molecule has 1 aromatic heterocycles. The number of pyridine rings is 1. The zero-order chi connectivity index (χ0) is 10.5. The van der Waals surface area contributed by atoms with Crippen molar-refractivity contribution in [1.29, 1.82) is 0 Å². The van der Waals surface area contributed by atoms with Crippen molar-refractivity contribution in [2.75, 3.05) is 0 Å². The van der Waals surface area contributed by atoms with E-state index in [2.05, 4.69) is 4.98 Å². The van der Waals surface area contributed by atoms with E-state index < -0.39 is 7.12 Å². The van der Waals surface area contributed by atoms with Crippen LogP contribution < -0.4 is 10.1 Å². The van der Waals surface area contributed by atoms with Crippen molar-refractivity contribution in [3.05, 3.63) is 54.9 Å². The summed E-state index contributed by atoms with van der Waals surface area (Å²) in [5.41, 5.74) is 0.731. The molecule has 4 heteroatoms. The fourth-order valence-corrected chi connectivity index (χ4v) is 1.23. The lowest BCUT2D eigenvalue weighted by Gasteiger charge is -2.08. The highest BCUT2D eigenvalue weighted by Gasteiger charge is 2.17. The average Bonchev–Trinajstić information content (AvgIpc) is 2.31. The highest BCUT2D eigenvalue weighted by Crippen LogP contribution is 2.07. The minimum atomic E-state index is -0.936. The van der Waals surface area contributed by atoms with Gasteiger partial charge in [-0.05, 0) is 17.6 Å². The van der Waals surface area contributed by atoms with Crippen LogP contribution in [0.25, 0.3) is 0 Å². The number of hydrogen-bond donors (Lipinski definition) is 1. The largest absolute Gasteiger partial charge is 0.560 e. The van der Waals surface area contributed by atoms with Gasteiger partial charge in [0.05, 0.1) is 0 Å². The molecule has 2 rings (SSSR count). The lowest BCUT2D eigenvalue weighted by molar-refractivity contribution is 0.432. The van der Waals surface area contributed by atoms with Gasteiger partial charge >= 0.3 is 7.12 Å². The van der Waals surface area contributed by atoms with Crippen LogP contribution in [0.15, 0.2) is 54.9 Å². The molecule has 0 fully saturated rings. The molecule has 0 bridgehead atoms. The molecule has 1 heterocycles. The Hall–Kier alpha value is -1.81. The Balaban J connectivity index is 2.08. The third kappa shape index (κ3) is 2.57. The van der Waals surface area contributed by atoms with Gasteiger partial charge < -0.3 is 9.68 Å². The fourth-order valence-electron chi connectivity index (χ4n) is 1.23. The molecule has 0 aliphatic rings. The second-order valence-electron chi connectivity index (χ2n) is 3.06. The van der Waals surface area contributed by atoms with Gasteiger partial charge in [-0.25, -0.2) is 0 Å². The van der Waals surface area contributed by atoms with Crippen LogP contribution in [0.3, 0.4) is 0 Å². The van der Waals surface area contributed by atoms with Gasteiger partial charge in [0.25, 0.3) is 0 Å². The smallest absolute Gasteiger partial charge is 0.532 e. The van der Waals surface area contributed by atoms with E-state index in [-0.39, 0.29) is 0 Å². The Morgan fingerprint density at radius 1 is 1.00 bits per heavy atom. The average molecular weight is 199 g/mol. The summed E-state index contributed by atoms with van der Waals surface area (Å²) in [5.74, 6) is 0.598. The summed E-state index contributed by atoms with van der Waals surface area (Å²) in [6, 6.07) is 12.6. The summed E-state index contributed by atoms with van der Waals surface area (Å²) in [6.07, 6.45) is 3.24. The topological polar surface area (TPSA) is 42.4 Å². The van der Waals surface area contributed by atoms with Crippen molar-refractivity contribution >= 4 is 12.6 Å². The second-order valence-corrected chi connectivity index (χ2v) is 3.06. The van der Waals surface area contributed by atoms with Gasteiger partial charge in [-0.2, -0.15) is 0 Å². The van der Waals surface area contributed by atoms with Crippen LogP contribution in [0.1, 0.15) is 0 Å². The minimum Gasteiger partial charge on any atom is -0.532 e. The Morgan fingerprint density at radius 2 is 1.67 bits per heavy atom. The highest BCUT2D eigenvalue weighted by atomic mass is 16.5. The van der Waals surface area contributed by atoms with Crippen molar-refractivity contribution in [3.8, 4) is 5.75 Å². The third-order valence-electron chi connectivity index (χ3n) is 1.98. The molecule has 74 valence electrons. The maximum Gasteiger partial charge on any atom is 0.560 e. The predicted molar refractivity (Wildman–Crippen MR) is 58.9 cm³/mol. The molecule has 0 spiro atoms. The van der Waals surface area contributed by atoms with Crippen LogP contribution >= 0.6 is 0 Å². The monoisotopic (exact) mass is 199 g/mol. The summed E-state index contributed by atoms with van der Waals surface area (Å²) >= 11 is 0. The molecule has 0 aliphatic carbocycles. The zero-order valence-corrected chi connectivity index (χ0v) is 8.08. The molecular weight excluding hydrogens is 189 g/mol. The quantitative estimate of drug-likeness (QED) is 0.745. The van der Waals surface area contributed by atoms with Gasteiger partial charge in [0.15, 0.2) is 0 Å². The number of rotatable bonds is 3. The van der Waals surface area contributed by atoms with Crippen molar-refractivity contribution in [1.82, 2.24) is 4.98 Å². The number of benzene rings is 1. The number of hydrogen-bond acceptors (Lipinski definition) is 3. The maximum absolute atomic E-state index is 9.73. The Labute approximate surface area is 88.5 Å². The van der Waals surface area contributed by atoms with E-state index in [0.717, 1.165) is 5.46 Å². The van der Waals surface area contributed by atoms with Crippen LogP contribution in [-0.4, -0.2) is 17.1 Å². The van der Waals surface area contributed by atoms with Gasteiger partial charge in [0.2, 0.25) is 0 Å². The summed E-state index contributed by atoms with van der Waals surface area (Å²) in [7, 11) is -0.936. The van der Waals surface area contributed by atoms with Crippen molar-refractivity contribution in [2.24, 2.45) is 0 Å². The van der Waals surface area contributed by atoms with Gasteiger partial charge in [-0.15, -0.1) is 0 Å². The Morgan fingerprint density at radius 3 is 2.33 bits per heavy atom. The molecule has 0 saturated heterocycles. The van der Waals surface area contributed by atoms with Crippen LogP contribution in [0, 0.1) is 0 Å². The van der Waals surface area contributed by atoms with E-state index in [1.165, 1.54) is 0 Å². The zero-order valence-electron chi connectivity index (χ0n) is 8.08. The van der Waals surface area contributed by atoms with E-state index in [1.54, 1.807) is 24.5 Å². The first-order valence-corrected chi connectivity index (χ1v) is 4.66. The van der Waals surface area contributed by atoms with Crippen LogP contribution in [0.4, 0.5) is 0 Å². The van der Waals surface area contributed by atoms with Gasteiger partial charge in [-0.1, -0.05) is 30.3 Å². The van der Waals surface area contributed by atoms with Gasteiger partial charge in [0, 0.05) is 12.4 Å². The van der Waals surface area contributed by atoms with Crippen LogP contribution in [0.5, 0.6) is 5.75 Å². The van der Waals surface area contributed by atoms with E-state index >= 15 is 0 Å². The second kappa shape index (κ2) is 4.62. The normalized spacial score (nSPS) is 9.67. The lowest BCUT2D eigenvalue weighted by atomic mass is 9.79. The number of aromatic nitrogens is 1. The molecule has 15 heavy (non-hydrogen) atoms. The predicted octanol–water partition coefficient (Wildman–Crippen LogP) is 0.848. The first-order chi connectivity index (χ1) is 7.36.